The average molecular weight is 360 g/mol. The molecule has 134 valence electrons. The number of aromatic amines is 1. The lowest BCUT2D eigenvalue weighted by Crippen LogP contribution is -2.10. The normalized spacial score (nSPS) is 11.3. The highest BCUT2D eigenvalue weighted by molar-refractivity contribution is 5.84. The van der Waals surface area contributed by atoms with Crippen LogP contribution in [0.4, 0.5) is 23.5 Å². The van der Waals surface area contributed by atoms with Crippen molar-refractivity contribution in [1.82, 2.24) is 9.97 Å². The lowest BCUT2D eigenvalue weighted by molar-refractivity contribution is -0.0543. The minimum Gasteiger partial charge on any atom is -0.435 e. The number of nitrogens with one attached hydrogen (secondary N) is 2. The third-order valence-corrected chi connectivity index (χ3v) is 2.67. The Labute approximate surface area is 138 Å². The highest BCUT2D eigenvalue weighted by Crippen LogP contribution is 2.26. The number of aromatic nitrogens is 2. The molecule has 1 aromatic carbocycles. The molecule has 2 N–H and O–H groups in total. The van der Waals surface area contributed by atoms with Crippen LogP contribution in [0.15, 0.2) is 34.2 Å². The summed E-state index contributed by atoms with van der Waals surface area (Å²) in [5.41, 5.74) is 2.51. The van der Waals surface area contributed by atoms with Crippen LogP contribution in [0.5, 0.6) is 11.5 Å². The molecule has 0 saturated carbocycles. The first-order chi connectivity index (χ1) is 11.8. The van der Waals surface area contributed by atoms with Gasteiger partial charge in [-0.3, -0.25) is 9.78 Å². The summed E-state index contributed by atoms with van der Waals surface area (Å²) in [5.74, 6) is -0.722. The fourth-order valence-electron chi connectivity index (χ4n) is 1.79. The molecule has 0 amide bonds. The minimum absolute atomic E-state index is 0.0373. The number of anilines is 1. The van der Waals surface area contributed by atoms with E-state index >= 15 is 0 Å². The number of rotatable bonds is 7. The number of aryl methyl sites for hydroxylation is 1. The van der Waals surface area contributed by atoms with E-state index in [4.69, 9.17) is 0 Å². The van der Waals surface area contributed by atoms with Crippen LogP contribution in [0.3, 0.4) is 0 Å². The lowest BCUT2D eigenvalue weighted by Gasteiger charge is -2.10. The number of benzene rings is 1. The maximum atomic E-state index is 12.4. The molecule has 7 nitrogen and oxygen atoms in total. The Morgan fingerprint density at radius 3 is 2.56 bits per heavy atom. The van der Waals surface area contributed by atoms with Gasteiger partial charge in [-0.05, 0) is 19.1 Å². The SMILES string of the molecule is Cc1cc(=O)[nH]c(N/N=C\c2ccc(OC(F)F)cc2OC(F)F)n1. The van der Waals surface area contributed by atoms with Gasteiger partial charge in [-0.2, -0.15) is 22.7 Å². The van der Waals surface area contributed by atoms with Gasteiger partial charge in [0.2, 0.25) is 5.95 Å². The van der Waals surface area contributed by atoms with E-state index in [0.717, 1.165) is 18.3 Å². The molecule has 11 heteroatoms. The average Bonchev–Trinajstić information content (AvgIpc) is 2.47. The van der Waals surface area contributed by atoms with Crippen LogP contribution in [0.1, 0.15) is 11.3 Å². The first-order valence-corrected chi connectivity index (χ1v) is 6.74. The Bertz CT molecular complexity index is 811. The van der Waals surface area contributed by atoms with Crippen molar-refractivity contribution in [3.05, 3.63) is 45.9 Å². The number of hydrazone groups is 1. The van der Waals surface area contributed by atoms with Gasteiger partial charge < -0.3 is 9.47 Å². The zero-order chi connectivity index (χ0) is 18.4. The van der Waals surface area contributed by atoms with Crippen molar-refractivity contribution in [3.8, 4) is 11.5 Å². The fraction of sp³-hybridized carbons (Fsp3) is 0.214. The van der Waals surface area contributed by atoms with E-state index in [1.807, 2.05) is 0 Å². The van der Waals surface area contributed by atoms with Gasteiger partial charge in [-0.25, -0.2) is 10.4 Å². The highest BCUT2D eigenvalue weighted by atomic mass is 19.3. The highest BCUT2D eigenvalue weighted by Gasteiger charge is 2.12. The smallest absolute Gasteiger partial charge is 0.387 e. The van der Waals surface area contributed by atoms with E-state index in [-0.39, 0.29) is 17.3 Å². The van der Waals surface area contributed by atoms with E-state index in [1.54, 1.807) is 6.92 Å². The summed E-state index contributed by atoms with van der Waals surface area (Å²) in [6.45, 7) is -4.68. The molecule has 0 radical (unpaired) electrons. The summed E-state index contributed by atoms with van der Waals surface area (Å²) >= 11 is 0. The first-order valence-electron chi connectivity index (χ1n) is 6.74. The summed E-state index contributed by atoms with van der Waals surface area (Å²) in [5, 5.41) is 3.73. The molecule has 2 aromatic rings. The summed E-state index contributed by atoms with van der Waals surface area (Å²) in [6.07, 6.45) is 1.09. The standard InChI is InChI=1S/C14H12F4N4O3/c1-7-4-11(23)21-14(20-7)22-19-6-8-2-3-9(24-12(15)16)5-10(8)25-13(17)18/h2-6,12-13H,1H3,(H2,20,21,22,23)/b19-6-. The summed E-state index contributed by atoms with van der Waals surface area (Å²) < 4.78 is 57.7. The predicted molar refractivity (Wildman–Crippen MR) is 80.5 cm³/mol. The van der Waals surface area contributed by atoms with E-state index < -0.39 is 24.5 Å². The molecule has 0 aliphatic carbocycles. The number of H-pyrrole nitrogens is 1. The molecule has 1 aromatic heterocycles. The Kier molecular flexibility index (Phi) is 5.93. The topological polar surface area (TPSA) is 88.6 Å². The molecule has 0 bridgehead atoms. The molecule has 25 heavy (non-hydrogen) atoms. The summed E-state index contributed by atoms with van der Waals surface area (Å²) in [4.78, 5) is 17.6. The second kappa shape index (κ2) is 8.13. The molecular formula is C14H12F4N4O3. The molecule has 0 aliphatic rings. The van der Waals surface area contributed by atoms with E-state index in [2.05, 4.69) is 30.0 Å². The zero-order valence-electron chi connectivity index (χ0n) is 12.7. The molecule has 0 unspecified atom stereocenters. The van der Waals surface area contributed by atoms with Crippen molar-refractivity contribution in [2.24, 2.45) is 5.10 Å². The number of ether oxygens (including phenoxy) is 2. The van der Waals surface area contributed by atoms with Crippen molar-refractivity contribution in [3.63, 3.8) is 0 Å². The molecule has 0 aliphatic heterocycles. The van der Waals surface area contributed by atoms with Crippen LogP contribution in [-0.4, -0.2) is 29.4 Å². The fourth-order valence-corrected chi connectivity index (χ4v) is 1.79. The number of halogens is 4. The molecule has 0 saturated heterocycles. The van der Waals surface area contributed by atoms with Gasteiger partial charge in [0.15, 0.2) is 0 Å². The van der Waals surface area contributed by atoms with Crippen molar-refractivity contribution >= 4 is 12.2 Å². The number of alkyl halides is 4. The number of hydrogen-bond acceptors (Lipinski definition) is 6. The van der Waals surface area contributed by atoms with Crippen LogP contribution in [0.2, 0.25) is 0 Å². The van der Waals surface area contributed by atoms with Crippen LogP contribution >= 0.6 is 0 Å². The Balaban J connectivity index is 2.20. The third-order valence-electron chi connectivity index (χ3n) is 2.67. The van der Waals surface area contributed by atoms with E-state index in [0.29, 0.717) is 5.69 Å². The largest absolute Gasteiger partial charge is 0.435 e. The van der Waals surface area contributed by atoms with Crippen molar-refractivity contribution in [2.45, 2.75) is 20.1 Å². The lowest BCUT2D eigenvalue weighted by atomic mass is 10.2. The third kappa shape index (κ3) is 5.79. The maximum Gasteiger partial charge on any atom is 0.387 e. The summed E-state index contributed by atoms with van der Waals surface area (Å²) in [6, 6.07) is 4.49. The molecule has 0 spiro atoms. The van der Waals surface area contributed by atoms with Crippen molar-refractivity contribution in [2.75, 3.05) is 5.43 Å². The van der Waals surface area contributed by atoms with Crippen LogP contribution < -0.4 is 20.5 Å². The van der Waals surface area contributed by atoms with Gasteiger partial charge >= 0.3 is 13.2 Å². The van der Waals surface area contributed by atoms with E-state index in [9.17, 15) is 22.4 Å². The molecule has 0 fully saturated rings. The molecule has 1 heterocycles. The monoisotopic (exact) mass is 360 g/mol. The minimum atomic E-state index is -3.17. The Morgan fingerprint density at radius 2 is 1.92 bits per heavy atom. The second-order valence-corrected chi connectivity index (χ2v) is 4.56. The van der Waals surface area contributed by atoms with Gasteiger partial charge in [0, 0.05) is 23.4 Å². The van der Waals surface area contributed by atoms with Gasteiger partial charge in [-0.15, -0.1) is 0 Å². The maximum absolute atomic E-state index is 12.4. The van der Waals surface area contributed by atoms with Crippen molar-refractivity contribution in [1.29, 1.82) is 0 Å². The zero-order valence-corrected chi connectivity index (χ0v) is 12.7. The van der Waals surface area contributed by atoms with Crippen LogP contribution in [0, 0.1) is 6.92 Å². The second-order valence-electron chi connectivity index (χ2n) is 4.56. The molecule has 2 rings (SSSR count). The number of nitrogens with zero attached hydrogens (tertiary/aromatic N) is 2. The van der Waals surface area contributed by atoms with Gasteiger partial charge in [0.05, 0.1) is 6.21 Å². The quantitative estimate of drug-likeness (QED) is 0.450. The van der Waals surface area contributed by atoms with E-state index in [1.165, 1.54) is 12.1 Å². The Morgan fingerprint density at radius 1 is 1.20 bits per heavy atom. The van der Waals surface area contributed by atoms with Crippen molar-refractivity contribution < 1.29 is 27.0 Å². The first kappa shape index (κ1) is 18.2. The summed E-state index contributed by atoms with van der Waals surface area (Å²) in [7, 11) is 0. The number of hydrogen-bond donors (Lipinski definition) is 2. The van der Waals surface area contributed by atoms with Gasteiger partial charge in [0.25, 0.3) is 5.56 Å². The van der Waals surface area contributed by atoms with Gasteiger partial charge in [-0.1, -0.05) is 0 Å². The van der Waals surface area contributed by atoms with Crippen LogP contribution in [-0.2, 0) is 0 Å². The predicted octanol–water partition coefficient (Wildman–Crippen LogP) is 2.73. The van der Waals surface area contributed by atoms with Gasteiger partial charge in [0.1, 0.15) is 11.5 Å². The Hall–Kier alpha value is -3.11. The molecule has 0 atom stereocenters. The van der Waals surface area contributed by atoms with Crippen LogP contribution in [0.25, 0.3) is 0 Å². The molecular weight excluding hydrogens is 348 g/mol.